The zero-order chi connectivity index (χ0) is 7.98. The van der Waals surface area contributed by atoms with E-state index >= 15 is 0 Å². The SMILES string of the molecule is [CH2]CN(CCCO)C(N)=O. The van der Waals surface area contributed by atoms with Crippen molar-refractivity contribution in [3.8, 4) is 0 Å². The maximum Gasteiger partial charge on any atom is 0.314 e. The number of urea groups is 1. The fraction of sp³-hybridized carbons (Fsp3) is 0.667. The summed E-state index contributed by atoms with van der Waals surface area (Å²) in [7, 11) is 0. The molecule has 0 aliphatic heterocycles. The second-order valence-electron chi connectivity index (χ2n) is 1.90. The Balaban J connectivity index is 3.50. The molecular formula is C6H13N2O2. The van der Waals surface area contributed by atoms with Crippen molar-refractivity contribution < 1.29 is 9.90 Å². The lowest BCUT2D eigenvalue weighted by Gasteiger charge is -2.16. The van der Waals surface area contributed by atoms with Crippen molar-refractivity contribution in [3.63, 3.8) is 0 Å². The van der Waals surface area contributed by atoms with Gasteiger partial charge in [0, 0.05) is 19.7 Å². The van der Waals surface area contributed by atoms with Crippen LogP contribution in [-0.4, -0.2) is 35.7 Å². The molecular weight excluding hydrogens is 132 g/mol. The average molecular weight is 145 g/mol. The summed E-state index contributed by atoms with van der Waals surface area (Å²) in [6.45, 7) is 4.41. The van der Waals surface area contributed by atoms with Gasteiger partial charge in [0.1, 0.15) is 0 Å². The first-order chi connectivity index (χ1) is 4.72. The summed E-state index contributed by atoms with van der Waals surface area (Å²) in [6.07, 6.45) is 0.554. The Bertz CT molecular complexity index is 106. The molecule has 0 aromatic rings. The highest BCUT2D eigenvalue weighted by molar-refractivity contribution is 5.71. The Morgan fingerprint density at radius 3 is 2.60 bits per heavy atom. The number of nitrogens with two attached hydrogens (primary N) is 1. The first-order valence-corrected chi connectivity index (χ1v) is 3.17. The molecule has 0 unspecified atom stereocenters. The van der Waals surface area contributed by atoms with E-state index in [1.54, 1.807) is 0 Å². The molecule has 0 saturated heterocycles. The van der Waals surface area contributed by atoms with E-state index in [-0.39, 0.29) is 6.61 Å². The molecule has 4 heteroatoms. The van der Waals surface area contributed by atoms with Gasteiger partial charge in [-0.15, -0.1) is 0 Å². The van der Waals surface area contributed by atoms with Gasteiger partial charge in [-0.05, 0) is 13.3 Å². The topological polar surface area (TPSA) is 66.6 Å². The van der Waals surface area contributed by atoms with E-state index in [0.29, 0.717) is 19.5 Å². The summed E-state index contributed by atoms with van der Waals surface area (Å²) in [5, 5.41) is 8.39. The highest BCUT2D eigenvalue weighted by atomic mass is 16.3. The zero-order valence-electron chi connectivity index (χ0n) is 5.92. The van der Waals surface area contributed by atoms with Crippen LogP contribution in [0.5, 0.6) is 0 Å². The molecule has 0 fully saturated rings. The Kier molecular flexibility index (Phi) is 4.66. The smallest absolute Gasteiger partial charge is 0.314 e. The van der Waals surface area contributed by atoms with E-state index < -0.39 is 6.03 Å². The second kappa shape index (κ2) is 5.05. The van der Waals surface area contributed by atoms with Gasteiger partial charge in [-0.3, -0.25) is 0 Å². The summed E-state index contributed by atoms with van der Waals surface area (Å²) in [4.78, 5) is 11.8. The van der Waals surface area contributed by atoms with Crippen LogP contribution in [-0.2, 0) is 0 Å². The zero-order valence-corrected chi connectivity index (χ0v) is 5.92. The number of primary amides is 1. The first-order valence-electron chi connectivity index (χ1n) is 3.17. The monoisotopic (exact) mass is 145 g/mol. The Morgan fingerprint density at radius 1 is 1.70 bits per heavy atom. The second-order valence-corrected chi connectivity index (χ2v) is 1.90. The molecule has 10 heavy (non-hydrogen) atoms. The van der Waals surface area contributed by atoms with Gasteiger partial charge < -0.3 is 15.7 Å². The summed E-state index contributed by atoms with van der Waals surface area (Å²) in [5.41, 5.74) is 4.95. The average Bonchev–Trinajstić information content (AvgIpc) is 1.89. The largest absolute Gasteiger partial charge is 0.396 e. The highest BCUT2D eigenvalue weighted by Gasteiger charge is 2.04. The van der Waals surface area contributed by atoms with Gasteiger partial charge in [0.15, 0.2) is 0 Å². The predicted octanol–water partition coefficient (Wildman–Crippen LogP) is -0.416. The van der Waals surface area contributed by atoms with Crippen LogP contribution in [0.4, 0.5) is 4.79 Å². The Labute approximate surface area is 60.6 Å². The lowest BCUT2D eigenvalue weighted by molar-refractivity contribution is 0.204. The molecule has 0 heterocycles. The van der Waals surface area contributed by atoms with E-state index in [0.717, 1.165) is 0 Å². The first kappa shape index (κ1) is 9.23. The molecule has 0 aliphatic rings. The van der Waals surface area contributed by atoms with Crippen LogP contribution in [0.15, 0.2) is 0 Å². The minimum atomic E-state index is -0.483. The molecule has 3 N–H and O–H groups in total. The third kappa shape index (κ3) is 3.29. The number of carbonyl (C=O) groups excluding carboxylic acids is 1. The summed E-state index contributed by atoms with van der Waals surface area (Å²) in [5.74, 6) is 0. The molecule has 0 bridgehead atoms. The van der Waals surface area contributed by atoms with Gasteiger partial charge in [-0.2, -0.15) is 0 Å². The quantitative estimate of drug-likeness (QED) is 0.564. The van der Waals surface area contributed by atoms with E-state index in [4.69, 9.17) is 10.8 Å². The number of amides is 2. The molecule has 0 aromatic heterocycles. The van der Waals surface area contributed by atoms with Gasteiger partial charge in [-0.1, -0.05) is 0 Å². The standard InChI is InChI=1S/C6H13N2O2/c1-2-8(6(7)10)4-3-5-9/h9H,1-5H2,(H2,7,10). The van der Waals surface area contributed by atoms with Crippen LogP contribution in [0.2, 0.25) is 0 Å². The normalized spacial score (nSPS) is 9.40. The number of hydrogen-bond donors (Lipinski definition) is 2. The molecule has 0 saturated carbocycles. The summed E-state index contributed by atoms with van der Waals surface area (Å²) < 4.78 is 0. The minimum Gasteiger partial charge on any atom is -0.396 e. The van der Waals surface area contributed by atoms with Crippen molar-refractivity contribution in [2.45, 2.75) is 6.42 Å². The van der Waals surface area contributed by atoms with Gasteiger partial charge in [0.2, 0.25) is 0 Å². The van der Waals surface area contributed by atoms with Crippen LogP contribution < -0.4 is 5.73 Å². The highest BCUT2D eigenvalue weighted by Crippen LogP contribution is 1.88. The van der Waals surface area contributed by atoms with Crippen LogP contribution in [0.3, 0.4) is 0 Å². The number of aliphatic hydroxyl groups excluding tert-OH is 1. The fourth-order valence-electron chi connectivity index (χ4n) is 0.594. The van der Waals surface area contributed by atoms with Gasteiger partial charge in [0.25, 0.3) is 0 Å². The van der Waals surface area contributed by atoms with Crippen molar-refractivity contribution in [2.75, 3.05) is 19.7 Å². The number of nitrogens with zero attached hydrogens (tertiary/aromatic N) is 1. The van der Waals surface area contributed by atoms with E-state index in [2.05, 4.69) is 6.92 Å². The third-order valence-corrected chi connectivity index (χ3v) is 1.17. The van der Waals surface area contributed by atoms with Crippen LogP contribution in [0.25, 0.3) is 0 Å². The van der Waals surface area contributed by atoms with E-state index in [1.165, 1.54) is 4.90 Å². The lowest BCUT2D eigenvalue weighted by atomic mass is 10.4. The summed E-state index contributed by atoms with van der Waals surface area (Å²) in [6, 6.07) is -0.483. The number of rotatable bonds is 4. The molecule has 2 amide bonds. The van der Waals surface area contributed by atoms with Crippen molar-refractivity contribution in [2.24, 2.45) is 5.73 Å². The molecule has 1 radical (unpaired) electrons. The molecule has 4 nitrogen and oxygen atoms in total. The maximum absolute atomic E-state index is 10.5. The van der Waals surface area contributed by atoms with Crippen LogP contribution in [0.1, 0.15) is 6.42 Å². The summed E-state index contributed by atoms with van der Waals surface area (Å²) >= 11 is 0. The molecule has 0 aliphatic carbocycles. The fourth-order valence-corrected chi connectivity index (χ4v) is 0.594. The lowest BCUT2D eigenvalue weighted by Crippen LogP contribution is -2.36. The Hall–Kier alpha value is -0.770. The van der Waals surface area contributed by atoms with Crippen LogP contribution >= 0.6 is 0 Å². The van der Waals surface area contributed by atoms with Gasteiger partial charge >= 0.3 is 6.03 Å². The van der Waals surface area contributed by atoms with Crippen molar-refractivity contribution in [3.05, 3.63) is 6.92 Å². The molecule has 0 rings (SSSR count). The van der Waals surface area contributed by atoms with Crippen LogP contribution in [0, 0.1) is 6.92 Å². The molecule has 59 valence electrons. The number of hydrogen-bond acceptors (Lipinski definition) is 2. The molecule has 0 spiro atoms. The molecule has 0 atom stereocenters. The van der Waals surface area contributed by atoms with Crippen molar-refractivity contribution >= 4 is 6.03 Å². The molecule has 0 aromatic carbocycles. The number of carbonyl (C=O) groups is 1. The Morgan fingerprint density at radius 2 is 2.30 bits per heavy atom. The van der Waals surface area contributed by atoms with E-state index in [9.17, 15) is 4.79 Å². The minimum absolute atomic E-state index is 0.0732. The van der Waals surface area contributed by atoms with Crippen molar-refractivity contribution in [1.82, 2.24) is 4.90 Å². The predicted molar refractivity (Wildman–Crippen MR) is 38.2 cm³/mol. The maximum atomic E-state index is 10.5. The van der Waals surface area contributed by atoms with Crippen molar-refractivity contribution in [1.29, 1.82) is 0 Å². The van der Waals surface area contributed by atoms with Gasteiger partial charge in [-0.25, -0.2) is 4.79 Å². The van der Waals surface area contributed by atoms with Gasteiger partial charge in [0.05, 0.1) is 0 Å². The third-order valence-electron chi connectivity index (χ3n) is 1.17. The number of aliphatic hydroxyl groups is 1. The van der Waals surface area contributed by atoms with E-state index in [1.807, 2.05) is 0 Å².